The number of aryl methyl sites for hydroxylation is 2. The van der Waals surface area contributed by atoms with Gasteiger partial charge in [-0.25, -0.2) is 0 Å². The average Bonchev–Trinajstić information content (AvgIpc) is 3.06. The third-order valence-corrected chi connectivity index (χ3v) is 6.07. The summed E-state index contributed by atoms with van der Waals surface area (Å²) in [4.78, 5) is 25.5. The normalized spacial score (nSPS) is 15.7. The molecule has 0 radical (unpaired) electrons. The number of hydrogen-bond acceptors (Lipinski definition) is 4. The predicted molar refractivity (Wildman–Crippen MR) is 117 cm³/mol. The zero-order valence-electron chi connectivity index (χ0n) is 16.1. The molecule has 1 aliphatic heterocycles. The summed E-state index contributed by atoms with van der Waals surface area (Å²) in [6.07, 6.45) is 2.29. The summed E-state index contributed by atoms with van der Waals surface area (Å²) < 4.78 is 2.65. The first-order chi connectivity index (χ1) is 13.3. The minimum atomic E-state index is -0.871. The fraction of sp³-hybridized carbons (Fsp3) is 0.286. The van der Waals surface area contributed by atoms with E-state index < -0.39 is 5.97 Å². The summed E-state index contributed by atoms with van der Waals surface area (Å²) in [6, 6.07) is 10.4. The van der Waals surface area contributed by atoms with E-state index in [2.05, 4.69) is 41.8 Å². The van der Waals surface area contributed by atoms with Crippen LogP contribution < -0.4 is 0 Å². The van der Waals surface area contributed by atoms with Gasteiger partial charge in [0.15, 0.2) is 0 Å². The molecule has 0 unspecified atom stereocenters. The van der Waals surface area contributed by atoms with Gasteiger partial charge < -0.3 is 9.67 Å². The molecule has 1 aromatic heterocycles. The molecule has 28 heavy (non-hydrogen) atoms. The molecule has 2 aromatic rings. The van der Waals surface area contributed by atoms with E-state index >= 15 is 0 Å². The lowest BCUT2D eigenvalue weighted by molar-refractivity contribution is -0.137. The van der Waals surface area contributed by atoms with Gasteiger partial charge in [-0.1, -0.05) is 41.7 Å². The number of hydrogen-bond donors (Lipinski definition) is 1. The molecule has 1 N–H and O–H groups in total. The first kappa shape index (κ1) is 20.4. The van der Waals surface area contributed by atoms with Gasteiger partial charge in [0.05, 0.1) is 4.91 Å². The lowest BCUT2D eigenvalue weighted by atomic mass is 10.2. The molecular formula is C21H22N2O3S2. The summed E-state index contributed by atoms with van der Waals surface area (Å²) in [7, 11) is 0. The molecule has 2 heterocycles. The molecule has 0 bridgehead atoms. The van der Waals surface area contributed by atoms with Gasteiger partial charge in [0.2, 0.25) is 0 Å². The number of thioether (sulfide) groups is 1. The molecule has 1 aliphatic rings. The Morgan fingerprint density at radius 1 is 1.21 bits per heavy atom. The zero-order valence-corrected chi connectivity index (χ0v) is 17.7. The van der Waals surface area contributed by atoms with Crippen molar-refractivity contribution in [3.05, 3.63) is 57.8 Å². The average molecular weight is 415 g/mol. The van der Waals surface area contributed by atoms with Crippen LogP contribution in [0.15, 0.2) is 35.2 Å². The van der Waals surface area contributed by atoms with Crippen LogP contribution in [0.1, 0.15) is 35.4 Å². The van der Waals surface area contributed by atoms with Gasteiger partial charge in [-0.15, -0.1) is 0 Å². The summed E-state index contributed by atoms with van der Waals surface area (Å²) >= 11 is 6.59. The molecule has 0 atom stereocenters. The van der Waals surface area contributed by atoms with Gasteiger partial charge in [0.25, 0.3) is 5.91 Å². The van der Waals surface area contributed by atoms with Crippen LogP contribution in [-0.4, -0.2) is 37.3 Å². The van der Waals surface area contributed by atoms with Crippen molar-refractivity contribution >= 4 is 46.3 Å². The van der Waals surface area contributed by atoms with Crippen LogP contribution >= 0.6 is 24.0 Å². The number of carbonyl (C=O) groups excluding carboxylic acids is 1. The Bertz CT molecular complexity index is 974. The summed E-state index contributed by atoms with van der Waals surface area (Å²) in [5.74, 6) is -1.02. The minimum absolute atomic E-state index is 0.0216. The van der Waals surface area contributed by atoms with E-state index in [1.165, 1.54) is 22.2 Å². The van der Waals surface area contributed by atoms with Gasteiger partial charge in [-0.05, 0) is 57.0 Å². The van der Waals surface area contributed by atoms with Crippen molar-refractivity contribution in [1.29, 1.82) is 0 Å². The monoisotopic (exact) mass is 414 g/mol. The lowest BCUT2D eigenvalue weighted by Crippen LogP contribution is -2.29. The Morgan fingerprint density at radius 2 is 1.89 bits per heavy atom. The van der Waals surface area contributed by atoms with Crippen LogP contribution in [0, 0.1) is 20.8 Å². The van der Waals surface area contributed by atoms with Gasteiger partial charge in [-0.2, -0.15) is 0 Å². The highest BCUT2D eigenvalue weighted by molar-refractivity contribution is 8.26. The number of aromatic nitrogens is 1. The van der Waals surface area contributed by atoms with E-state index in [0.717, 1.165) is 22.6 Å². The molecular weight excluding hydrogens is 392 g/mol. The highest BCUT2D eigenvalue weighted by Crippen LogP contribution is 2.34. The highest BCUT2D eigenvalue weighted by Gasteiger charge is 2.32. The van der Waals surface area contributed by atoms with E-state index in [1.807, 2.05) is 19.9 Å². The van der Waals surface area contributed by atoms with E-state index in [1.54, 1.807) is 0 Å². The fourth-order valence-electron chi connectivity index (χ4n) is 3.25. The van der Waals surface area contributed by atoms with Crippen molar-refractivity contribution in [3.8, 4) is 5.69 Å². The van der Waals surface area contributed by atoms with Crippen LogP contribution in [-0.2, 0) is 9.59 Å². The first-order valence-electron chi connectivity index (χ1n) is 9.01. The zero-order chi connectivity index (χ0) is 20.4. The van der Waals surface area contributed by atoms with Crippen molar-refractivity contribution in [2.45, 2.75) is 33.6 Å². The van der Waals surface area contributed by atoms with Gasteiger partial charge in [-0.3, -0.25) is 14.5 Å². The van der Waals surface area contributed by atoms with E-state index in [4.69, 9.17) is 17.3 Å². The number of benzene rings is 1. The van der Waals surface area contributed by atoms with E-state index in [9.17, 15) is 9.59 Å². The van der Waals surface area contributed by atoms with Crippen LogP contribution in [0.2, 0.25) is 0 Å². The molecule has 1 saturated heterocycles. The molecule has 7 heteroatoms. The summed E-state index contributed by atoms with van der Waals surface area (Å²) in [5.41, 5.74) is 5.41. The van der Waals surface area contributed by atoms with Gasteiger partial charge >= 0.3 is 5.97 Å². The van der Waals surface area contributed by atoms with Crippen LogP contribution in [0.3, 0.4) is 0 Å². The van der Waals surface area contributed by atoms with Crippen molar-refractivity contribution in [2.75, 3.05) is 6.54 Å². The van der Waals surface area contributed by atoms with Crippen LogP contribution in [0.5, 0.6) is 0 Å². The molecule has 0 spiro atoms. The Kier molecular flexibility index (Phi) is 6.05. The third-order valence-electron chi connectivity index (χ3n) is 4.70. The number of amides is 1. The maximum atomic E-state index is 12.7. The van der Waals surface area contributed by atoms with Crippen molar-refractivity contribution in [3.63, 3.8) is 0 Å². The largest absolute Gasteiger partial charge is 0.481 e. The summed E-state index contributed by atoms with van der Waals surface area (Å²) in [5, 5.41) is 8.78. The van der Waals surface area contributed by atoms with E-state index in [-0.39, 0.29) is 12.3 Å². The van der Waals surface area contributed by atoms with E-state index in [0.29, 0.717) is 22.2 Å². The molecule has 1 amide bonds. The molecule has 1 aromatic carbocycles. The molecule has 146 valence electrons. The molecule has 5 nitrogen and oxygen atoms in total. The number of aliphatic carboxylic acids is 1. The quantitative estimate of drug-likeness (QED) is 0.558. The van der Waals surface area contributed by atoms with Gasteiger partial charge in [0, 0.05) is 30.0 Å². The maximum absolute atomic E-state index is 12.7. The number of rotatable bonds is 6. The Labute approximate surface area is 174 Å². The molecule has 0 saturated carbocycles. The van der Waals surface area contributed by atoms with Crippen LogP contribution in [0.25, 0.3) is 11.8 Å². The Morgan fingerprint density at radius 3 is 2.54 bits per heavy atom. The topological polar surface area (TPSA) is 62.5 Å². The van der Waals surface area contributed by atoms with Crippen molar-refractivity contribution < 1.29 is 14.7 Å². The SMILES string of the molecule is Cc1ccc(-n2c(C)cc(/C=C3\SC(=S)N(CCCC(=O)O)C3=O)c2C)cc1. The summed E-state index contributed by atoms with van der Waals surface area (Å²) in [6.45, 7) is 6.47. The lowest BCUT2D eigenvalue weighted by Gasteiger charge is -2.13. The first-order valence-corrected chi connectivity index (χ1v) is 10.2. The maximum Gasteiger partial charge on any atom is 0.303 e. The molecule has 0 aliphatic carbocycles. The fourth-order valence-corrected chi connectivity index (χ4v) is 4.55. The standard InChI is InChI=1S/C21H22N2O3S2/c1-13-6-8-17(9-7-13)23-14(2)11-16(15(23)3)12-18-20(26)22(21(27)28-18)10-4-5-19(24)25/h6-9,11-12H,4-5,10H2,1-3H3,(H,24,25)/b18-12-. The second-order valence-electron chi connectivity index (χ2n) is 6.83. The number of carbonyl (C=O) groups is 2. The Balaban J connectivity index is 1.85. The number of nitrogens with zero attached hydrogens (tertiary/aromatic N) is 2. The smallest absolute Gasteiger partial charge is 0.303 e. The number of carboxylic acid groups (broad SMARTS) is 1. The minimum Gasteiger partial charge on any atom is -0.481 e. The van der Waals surface area contributed by atoms with Gasteiger partial charge in [0.1, 0.15) is 4.32 Å². The second-order valence-corrected chi connectivity index (χ2v) is 8.50. The highest BCUT2D eigenvalue weighted by atomic mass is 32.2. The third kappa shape index (κ3) is 4.20. The second kappa shape index (κ2) is 8.32. The van der Waals surface area contributed by atoms with Crippen LogP contribution in [0.4, 0.5) is 0 Å². The predicted octanol–water partition coefficient (Wildman–Crippen LogP) is 4.47. The molecule has 3 rings (SSSR count). The van der Waals surface area contributed by atoms with Crippen molar-refractivity contribution in [1.82, 2.24) is 9.47 Å². The van der Waals surface area contributed by atoms with Crippen molar-refractivity contribution in [2.24, 2.45) is 0 Å². The number of carboxylic acids is 1. The Hall–Kier alpha value is -2.38. The molecule has 1 fully saturated rings. The number of thiocarbonyl (C=S) groups is 1.